The average Bonchev–Trinajstić information content (AvgIpc) is 2.89. The maximum atomic E-state index is 11.1. The lowest BCUT2D eigenvalue weighted by Gasteiger charge is -2.60. The molecule has 2 N–H and O–H groups in total. The van der Waals surface area contributed by atoms with Gasteiger partial charge >= 0.3 is 5.97 Å². The lowest BCUT2D eigenvalue weighted by atomic mass is 9.44. The summed E-state index contributed by atoms with van der Waals surface area (Å²) in [6.45, 7) is 7.24. The van der Waals surface area contributed by atoms with E-state index in [-0.39, 0.29) is 23.9 Å². The number of rotatable bonds is 4. The van der Waals surface area contributed by atoms with Crippen molar-refractivity contribution >= 4 is 5.97 Å². The van der Waals surface area contributed by atoms with Crippen LogP contribution in [0.2, 0.25) is 0 Å². The third-order valence-electron chi connectivity index (χ3n) is 10.1. The minimum atomic E-state index is -0.705. The van der Waals surface area contributed by atoms with Gasteiger partial charge in [-0.3, -0.25) is 4.79 Å². The topological polar surface area (TPSA) is 57.5 Å². The molecule has 0 radical (unpaired) electrons. The van der Waals surface area contributed by atoms with E-state index in [0.717, 1.165) is 24.2 Å². The number of fused-ring (bicyclic) bond motifs is 5. The summed E-state index contributed by atoms with van der Waals surface area (Å²) in [7, 11) is 0. The molecule has 4 saturated carbocycles. The minimum absolute atomic E-state index is 0.205. The fraction of sp³-hybridized carbons (Fsp3) is 0.958. The van der Waals surface area contributed by atoms with Crippen LogP contribution in [0.3, 0.4) is 0 Å². The van der Waals surface area contributed by atoms with Crippen LogP contribution in [0.25, 0.3) is 0 Å². The van der Waals surface area contributed by atoms with Gasteiger partial charge in [0, 0.05) is 6.42 Å². The number of hydrogen-bond acceptors (Lipinski definition) is 2. The third-order valence-corrected chi connectivity index (χ3v) is 10.1. The summed E-state index contributed by atoms with van der Waals surface area (Å²) >= 11 is 0. The van der Waals surface area contributed by atoms with E-state index in [4.69, 9.17) is 5.11 Å². The van der Waals surface area contributed by atoms with E-state index in [9.17, 15) is 9.90 Å². The molecule has 154 valence electrons. The predicted octanol–water partition coefficient (Wildman–Crippen LogP) is 5.51. The number of carboxylic acid groups (broad SMARTS) is 1. The van der Waals surface area contributed by atoms with E-state index in [1.807, 2.05) is 0 Å². The van der Waals surface area contributed by atoms with Gasteiger partial charge in [0.1, 0.15) is 0 Å². The summed E-state index contributed by atoms with van der Waals surface area (Å²) in [5.41, 5.74) is 0.747. The van der Waals surface area contributed by atoms with E-state index < -0.39 is 5.97 Å². The Morgan fingerprint density at radius 3 is 2.56 bits per heavy atom. The first-order valence-electron chi connectivity index (χ1n) is 11.7. The van der Waals surface area contributed by atoms with Gasteiger partial charge in [0.15, 0.2) is 0 Å². The summed E-state index contributed by atoms with van der Waals surface area (Å²) in [6.07, 6.45) is 12.7. The summed E-state index contributed by atoms with van der Waals surface area (Å²) in [6, 6.07) is 0. The Hall–Kier alpha value is -0.570. The summed E-state index contributed by atoms with van der Waals surface area (Å²) < 4.78 is 0. The Bertz CT molecular complexity index is 574. The molecule has 0 saturated heterocycles. The fourth-order valence-electron chi connectivity index (χ4n) is 8.91. The highest BCUT2D eigenvalue weighted by atomic mass is 16.4. The van der Waals surface area contributed by atoms with E-state index >= 15 is 0 Å². The average molecular weight is 377 g/mol. The lowest BCUT2D eigenvalue weighted by Crippen LogP contribution is -2.53. The first-order valence-corrected chi connectivity index (χ1v) is 11.7. The van der Waals surface area contributed by atoms with Crippen LogP contribution >= 0.6 is 0 Å². The van der Waals surface area contributed by atoms with Crippen LogP contribution in [-0.4, -0.2) is 22.3 Å². The van der Waals surface area contributed by atoms with E-state index in [1.165, 1.54) is 51.4 Å². The van der Waals surface area contributed by atoms with Gasteiger partial charge in [0.2, 0.25) is 0 Å². The van der Waals surface area contributed by atoms with Crippen molar-refractivity contribution < 1.29 is 15.0 Å². The second-order valence-electron chi connectivity index (χ2n) is 11.2. The highest BCUT2D eigenvalue weighted by Gasteiger charge is 2.62. The zero-order valence-corrected chi connectivity index (χ0v) is 17.6. The second-order valence-corrected chi connectivity index (χ2v) is 11.2. The Kier molecular flexibility index (Phi) is 5.15. The minimum Gasteiger partial charge on any atom is -0.481 e. The number of aliphatic hydroxyl groups is 1. The number of carboxylic acids is 1. The molecule has 3 nitrogen and oxygen atoms in total. The molecule has 0 spiro atoms. The van der Waals surface area contributed by atoms with Crippen molar-refractivity contribution in [1.82, 2.24) is 0 Å². The van der Waals surface area contributed by atoms with Crippen molar-refractivity contribution in [3.63, 3.8) is 0 Å². The van der Waals surface area contributed by atoms with Crippen LogP contribution in [0.5, 0.6) is 0 Å². The van der Waals surface area contributed by atoms with Gasteiger partial charge in [-0.2, -0.15) is 0 Å². The summed E-state index contributed by atoms with van der Waals surface area (Å²) in [5, 5.41) is 20.2. The first kappa shape index (κ1) is 19.7. The molecule has 0 aliphatic heterocycles. The van der Waals surface area contributed by atoms with E-state index in [1.54, 1.807) is 0 Å². The van der Waals surface area contributed by atoms with Crippen molar-refractivity contribution in [3.8, 4) is 0 Å². The smallest absolute Gasteiger partial charge is 0.303 e. The molecule has 0 aromatic heterocycles. The van der Waals surface area contributed by atoms with Gasteiger partial charge in [-0.15, -0.1) is 0 Å². The molecular formula is C24H40O3. The van der Waals surface area contributed by atoms with Crippen molar-refractivity contribution in [2.75, 3.05) is 0 Å². The Morgan fingerprint density at radius 2 is 1.81 bits per heavy atom. The zero-order chi connectivity index (χ0) is 19.4. The maximum Gasteiger partial charge on any atom is 0.303 e. The second kappa shape index (κ2) is 7.04. The molecule has 0 aromatic carbocycles. The van der Waals surface area contributed by atoms with Crippen LogP contribution in [0, 0.1) is 46.3 Å². The molecule has 4 rings (SSSR count). The molecule has 3 heteroatoms. The molecule has 9 atom stereocenters. The fourth-order valence-corrected chi connectivity index (χ4v) is 8.91. The Balaban J connectivity index is 1.56. The highest BCUT2D eigenvalue weighted by Crippen LogP contribution is 2.68. The SMILES string of the molecule is C[C@H](CCC(=O)O)[C@H]1C(O)C[C@H]2[C@@H]3CCC4CCCC[C@]4(C)[C@H]3CC[C@]12C. The molecule has 4 aliphatic rings. The molecule has 0 amide bonds. The molecule has 0 bridgehead atoms. The van der Waals surface area contributed by atoms with Crippen molar-refractivity contribution in [2.24, 2.45) is 46.3 Å². The molecule has 4 fully saturated rings. The molecule has 0 aromatic rings. The van der Waals surface area contributed by atoms with Crippen LogP contribution in [0.15, 0.2) is 0 Å². The van der Waals surface area contributed by atoms with Crippen LogP contribution in [0.4, 0.5) is 0 Å². The van der Waals surface area contributed by atoms with Gasteiger partial charge in [-0.25, -0.2) is 0 Å². The van der Waals surface area contributed by atoms with Crippen molar-refractivity contribution in [1.29, 1.82) is 0 Å². The van der Waals surface area contributed by atoms with Crippen molar-refractivity contribution in [3.05, 3.63) is 0 Å². The van der Waals surface area contributed by atoms with Crippen molar-refractivity contribution in [2.45, 2.75) is 97.5 Å². The third kappa shape index (κ3) is 3.07. The molecular weight excluding hydrogens is 336 g/mol. The van der Waals surface area contributed by atoms with E-state index in [2.05, 4.69) is 20.8 Å². The normalized spacial score (nSPS) is 50.4. The first-order chi connectivity index (χ1) is 12.8. The maximum absolute atomic E-state index is 11.1. The summed E-state index contributed by atoms with van der Waals surface area (Å²) in [4.78, 5) is 11.1. The lowest BCUT2D eigenvalue weighted by molar-refractivity contribution is -0.138. The van der Waals surface area contributed by atoms with E-state index in [0.29, 0.717) is 23.7 Å². The molecule has 0 heterocycles. The monoisotopic (exact) mass is 376 g/mol. The standard InChI is InChI=1S/C24H40O3/c1-15(7-10-21(26)27)22-20(25)14-19-17-9-8-16-6-4-5-12-23(16,2)18(17)11-13-24(19,22)3/h15-20,22,25H,4-14H2,1-3H3,(H,26,27)/t15-,16?,17-,18+,19+,20?,22+,23+,24+/m1/s1. The highest BCUT2D eigenvalue weighted by molar-refractivity contribution is 5.66. The quantitative estimate of drug-likeness (QED) is 0.680. The number of hydrogen-bond donors (Lipinski definition) is 2. The molecule has 2 unspecified atom stereocenters. The van der Waals surface area contributed by atoms with Crippen LogP contribution in [0.1, 0.15) is 91.4 Å². The number of aliphatic carboxylic acids is 1. The Labute approximate surface area is 165 Å². The summed E-state index contributed by atoms with van der Waals surface area (Å²) in [5.74, 6) is 3.09. The van der Waals surface area contributed by atoms with Crippen LogP contribution < -0.4 is 0 Å². The molecule has 4 aliphatic carbocycles. The predicted molar refractivity (Wildman–Crippen MR) is 107 cm³/mol. The van der Waals surface area contributed by atoms with Gasteiger partial charge in [-0.05, 0) is 97.7 Å². The largest absolute Gasteiger partial charge is 0.481 e. The van der Waals surface area contributed by atoms with Crippen LogP contribution in [-0.2, 0) is 4.79 Å². The number of aliphatic hydroxyl groups excluding tert-OH is 1. The van der Waals surface area contributed by atoms with Gasteiger partial charge < -0.3 is 10.2 Å². The molecule has 27 heavy (non-hydrogen) atoms. The van der Waals surface area contributed by atoms with Gasteiger partial charge in [0.05, 0.1) is 6.10 Å². The Morgan fingerprint density at radius 1 is 1.04 bits per heavy atom. The van der Waals surface area contributed by atoms with Gasteiger partial charge in [-0.1, -0.05) is 33.6 Å². The van der Waals surface area contributed by atoms with Gasteiger partial charge in [0.25, 0.3) is 0 Å². The number of carbonyl (C=O) groups is 1. The zero-order valence-electron chi connectivity index (χ0n) is 17.6.